The second-order valence-electron chi connectivity index (χ2n) is 4.82. The van der Waals surface area contributed by atoms with Gasteiger partial charge in [0.25, 0.3) is 0 Å². The van der Waals surface area contributed by atoms with Crippen molar-refractivity contribution in [3.63, 3.8) is 0 Å². The monoisotopic (exact) mass is 252 g/mol. The number of rotatable bonds is 3. The van der Waals surface area contributed by atoms with E-state index >= 15 is 0 Å². The number of halogens is 3. The summed E-state index contributed by atoms with van der Waals surface area (Å²) in [7, 11) is 0. The number of nitrogens with one attached hydrogen (secondary N) is 1. The van der Waals surface area contributed by atoms with E-state index in [2.05, 4.69) is 5.32 Å². The van der Waals surface area contributed by atoms with Gasteiger partial charge in [0.1, 0.15) is 0 Å². The molecule has 1 aliphatic rings. The second kappa shape index (κ2) is 5.71. The molecule has 1 fully saturated rings. The molecule has 1 amide bonds. The molecule has 3 atom stereocenters. The summed E-state index contributed by atoms with van der Waals surface area (Å²) < 4.78 is 37.6. The van der Waals surface area contributed by atoms with E-state index in [1.165, 1.54) is 0 Å². The summed E-state index contributed by atoms with van der Waals surface area (Å²) in [6.07, 6.45) is -3.13. The van der Waals surface area contributed by atoms with Gasteiger partial charge in [-0.3, -0.25) is 4.79 Å². The van der Waals surface area contributed by atoms with Gasteiger partial charge in [0, 0.05) is 18.5 Å². The first kappa shape index (κ1) is 14.3. The number of hydrogen-bond acceptors (Lipinski definition) is 2. The lowest BCUT2D eigenvalue weighted by Gasteiger charge is -2.29. The van der Waals surface area contributed by atoms with Crippen molar-refractivity contribution in [2.75, 3.05) is 6.54 Å². The minimum absolute atomic E-state index is 0.0890. The molecule has 3 nitrogen and oxygen atoms in total. The van der Waals surface area contributed by atoms with Gasteiger partial charge in [0.05, 0.1) is 5.92 Å². The highest BCUT2D eigenvalue weighted by atomic mass is 19.4. The van der Waals surface area contributed by atoms with E-state index in [-0.39, 0.29) is 24.8 Å². The molecule has 0 saturated heterocycles. The van der Waals surface area contributed by atoms with Crippen molar-refractivity contribution in [3.8, 4) is 0 Å². The van der Waals surface area contributed by atoms with Gasteiger partial charge in [-0.15, -0.1) is 0 Å². The van der Waals surface area contributed by atoms with Crippen LogP contribution in [0.2, 0.25) is 0 Å². The third-order valence-corrected chi connectivity index (χ3v) is 3.11. The fourth-order valence-electron chi connectivity index (χ4n) is 2.13. The molecule has 6 heteroatoms. The summed E-state index contributed by atoms with van der Waals surface area (Å²) in [5.41, 5.74) is 5.47. The maximum absolute atomic E-state index is 12.5. The van der Waals surface area contributed by atoms with Crippen LogP contribution in [-0.4, -0.2) is 24.7 Å². The van der Waals surface area contributed by atoms with Crippen molar-refractivity contribution in [2.45, 2.75) is 44.8 Å². The molecule has 3 N–H and O–H groups in total. The summed E-state index contributed by atoms with van der Waals surface area (Å²) in [4.78, 5) is 11.6. The van der Waals surface area contributed by atoms with E-state index in [1.807, 2.05) is 0 Å². The number of carbonyl (C=O) groups is 1. The normalized spacial score (nSPS) is 27.6. The smallest absolute Gasteiger partial charge is 0.354 e. The van der Waals surface area contributed by atoms with Crippen molar-refractivity contribution >= 4 is 5.91 Å². The van der Waals surface area contributed by atoms with E-state index in [0.717, 1.165) is 0 Å². The van der Waals surface area contributed by atoms with Crippen LogP contribution in [0.25, 0.3) is 0 Å². The standard InChI is InChI=1S/C11H19F3N2O/c1-7(15)6-16-10(17)8-3-2-4-9(5-8)11(12,13)14/h7-9H,2-6,15H2,1H3,(H,16,17). The Balaban J connectivity index is 2.46. The molecule has 1 aliphatic carbocycles. The molecule has 0 heterocycles. The SMILES string of the molecule is CC(N)CNC(=O)C1CCCC(C(F)(F)F)C1. The summed E-state index contributed by atoms with van der Waals surface area (Å²) in [6.45, 7) is 2.05. The largest absolute Gasteiger partial charge is 0.391 e. The molecule has 0 aromatic heterocycles. The molecule has 0 spiro atoms. The zero-order valence-corrected chi connectivity index (χ0v) is 9.89. The highest BCUT2D eigenvalue weighted by molar-refractivity contribution is 5.78. The zero-order valence-electron chi connectivity index (χ0n) is 9.89. The first-order valence-corrected chi connectivity index (χ1v) is 5.90. The Kier molecular flexibility index (Phi) is 4.80. The number of amides is 1. The molecule has 0 aromatic rings. The highest BCUT2D eigenvalue weighted by Gasteiger charge is 2.43. The summed E-state index contributed by atoms with van der Waals surface area (Å²) >= 11 is 0. The van der Waals surface area contributed by atoms with Crippen LogP contribution in [-0.2, 0) is 4.79 Å². The third kappa shape index (κ3) is 4.53. The summed E-state index contributed by atoms with van der Waals surface area (Å²) in [5.74, 6) is -2.15. The van der Waals surface area contributed by atoms with Gasteiger partial charge in [0.2, 0.25) is 5.91 Å². The van der Waals surface area contributed by atoms with Crippen LogP contribution in [0.5, 0.6) is 0 Å². The fraction of sp³-hybridized carbons (Fsp3) is 0.909. The topological polar surface area (TPSA) is 55.1 Å². The Morgan fingerprint density at radius 1 is 1.47 bits per heavy atom. The summed E-state index contributed by atoms with van der Waals surface area (Å²) in [5, 5.41) is 2.59. The van der Waals surface area contributed by atoms with Crippen LogP contribution in [0.4, 0.5) is 13.2 Å². The van der Waals surface area contributed by atoms with Gasteiger partial charge in [-0.2, -0.15) is 13.2 Å². The van der Waals surface area contributed by atoms with Crippen LogP contribution in [0, 0.1) is 11.8 Å². The van der Waals surface area contributed by atoms with Crippen LogP contribution in [0.15, 0.2) is 0 Å². The highest BCUT2D eigenvalue weighted by Crippen LogP contribution is 2.39. The lowest BCUT2D eigenvalue weighted by Crippen LogP contribution is -2.41. The van der Waals surface area contributed by atoms with E-state index in [4.69, 9.17) is 5.73 Å². The van der Waals surface area contributed by atoms with Gasteiger partial charge < -0.3 is 11.1 Å². The fourth-order valence-corrected chi connectivity index (χ4v) is 2.13. The molecule has 0 bridgehead atoms. The van der Waals surface area contributed by atoms with Crippen molar-refractivity contribution in [3.05, 3.63) is 0 Å². The Bertz CT molecular complexity index is 266. The predicted molar refractivity (Wildman–Crippen MR) is 58.2 cm³/mol. The Hall–Kier alpha value is -0.780. The Morgan fingerprint density at radius 3 is 2.65 bits per heavy atom. The molecule has 0 aliphatic heterocycles. The predicted octanol–water partition coefficient (Wildman–Crippen LogP) is 1.82. The van der Waals surface area contributed by atoms with Gasteiger partial charge in [-0.05, 0) is 26.2 Å². The Morgan fingerprint density at radius 2 is 2.12 bits per heavy atom. The molecule has 1 rings (SSSR count). The number of alkyl halides is 3. The van der Waals surface area contributed by atoms with Crippen molar-refractivity contribution in [1.29, 1.82) is 0 Å². The molecule has 0 radical (unpaired) electrons. The van der Waals surface area contributed by atoms with Gasteiger partial charge in [-0.1, -0.05) is 6.42 Å². The van der Waals surface area contributed by atoms with E-state index in [1.54, 1.807) is 6.92 Å². The molecular formula is C11H19F3N2O. The van der Waals surface area contributed by atoms with E-state index < -0.39 is 18.0 Å². The van der Waals surface area contributed by atoms with Crippen LogP contribution >= 0.6 is 0 Å². The van der Waals surface area contributed by atoms with Crippen molar-refractivity contribution in [1.82, 2.24) is 5.32 Å². The summed E-state index contributed by atoms with van der Waals surface area (Å²) in [6, 6.07) is -0.180. The first-order valence-electron chi connectivity index (χ1n) is 5.90. The average Bonchev–Trinajstić information content (AvgIpc) is 2.25. The molecular weight excluding hydrogens is 233 g/mol. The Labute approximate surface area is 98.9 Å². The van der Waals surface area contributed by atoms with Crippen LogP contribution in [0.3, 0.4) is 0 Å². The minimum Gasteiger partial charge on any atom is -0.354 e. The number of nitrogens with two attached hydrogens (primary N) is 1. The minimum atomic E-state index is -4.18. The second-order valence-corrected chi connectivity index (χ2v) is 4.82. The molecule has 1 saturated carbocycles. The molecule has 100 valence electrons. The number of carbonyl (C=O) groups excluding carboxylic acids is 1. The zero-order chi connectivity index (χ0) is 13.1. The average molecular weight is 252 g/mol. The molecule has 0 aromatic carbocycles. The molecule has 3 unspecified atom stereocenters. The lowest BCUT2D eigenvalue weighted by atomic mass is 9.80. The van der Waals surface area contributed by atoms with Gasteiger partial charge in [-0.25, -0.2) is 0 Å². The van der Waals surface area contributed by atoms with Crippen molar-refractivity contribution in [2.24, 2.45) is 17.6 Å². The maximum Gasteiger partial charge on any atom is 0.391 e. The number of hydrogen-bond donors (Lipinski definition) is 2. The molecule has 17 heavy (non-hydrogen) atoms. The van der Waals surface area contributed by atoms with Crippen LogP contribution in [0.1, 0.15) is 32.6 Å². The first-order chi connectivity index (χ1) is 7.80. The van der Waals surface area contributed by atoms with Gasteiger partial charge in [0.15, 0.2) is 0 Å². The van der Waals surface area contributed by atoms with E-state index in [0.29, 0.717) is 19.4 Å². The maximum atomic E-state index is 12.5. The van der Waals surface area contributed by atoms with E-state index in [9.17, 15) is 18.0 Å². The quantitative estimate of drug-likeness (QED) is 0.805. The van der Waals surface area contributed by atoms with Crippen LogP contribution < -0.4 is 11.1 Å². The van der Waals surface area contributed by atoms with Gasteiger partial charge >= 0.3 is 6.18 Å². The lowest BCUT2D eigenvalue weighted by molar-refractivity contribution is -0.186. The van der Waals surface area contributed by atoms with Crippen molar-refractivity contribution < 1.29 is 18.0 Å². The third-order valence-electron chi connectivity index (χ3n) is 3.11.